The van der Waals surface area contributed by atoms with Gasteiger partial charge in [0, 0.05) is 11.0 Å². The quantitative estimate of drug-likeness (QED) is 0.609. The normalized spacial score (nSPS) is 12.5. The van der Waals surface area contributed by atoms with Crippen molar-refractivity contribution in [2.75, 3.05) is 11.3 Å². The lowest BCUT2D eigenvalue weighted by Crippen LogP contribution is -2.38. The zero-order valence-electron chi connectivity index (χ0n) is 15.7. The maximum absolute atomic E-state index is 13.9. The first kappa shape index (κ1) is 22.2. The van der Waals surface area contributed by atoms with Crippen LogP contribution in [0, 0.1) is 11.7 Å². The minimum Gasteiger partial charge on any atom is -0.481 e. The van der Waals surface area contributed by atoms with Crippen LogP contribution in [0.4, 0.5) is 10.1 Å². The summed E-state index contributed by atoms with van der Waals surface area (Å²) in [5.41, 5.74) is -0.154. The van der Waals surface area contributed by atoms with Gasteiger partial charge in [-0.2, -0.15) is 0 Å². The number of nitrogens with one attached hydrogen (secondary N) is 2. The molecule has 1 amide bonds. The molecule has 0 aliphatic heterocycles. The molecular formula is C19H22BrFN2O4S. The van der Waals surface area contributed by atoms with Crippen molar-refractivity contribution in [3.8, 4) is 5.75 Å². The number of sulfonamides is 1. The first-order chi connectivity index (χ1) is 13.1. The van der Waals surface area contributed by atoms with Crippen LogP contribution in [0.1, 0.15) is 20.8 Å². The van der Waals surface area contributed by atoms with Crippen molar-refractivity contribution >= 4 is 37.5 Å². The molecule has 6 nitrogen and oxygen atoms in total. The van der Waals surface area contributed by atoms with Crippen LogP contribution in [0.5, 0.6) is 5.75 Å². The molecule has 0 aliphatic carbocycles. The highest BCUT2D eigenvalue weighted by atomic mass is 79.9. The maximum atomic E-state index is 13.9. The standard InChI is InChI=1S/C19H22BrFN2O4S/c1-12(2)11-22-19(24)13(3)27-15-5-7-16(8-6-15)28(25,26)23-18-9-4-14(20)10-17(18)21/h4-10,12-13,23H,11H2,1-3H3,(H,22,24)/t13-/m0/s1. The minimum atomic E-state index is -3.97. The molecule has 0 spiro atoms. The fourth-order valence-electron chi connectivity index (χ4n) is 2.18. The van der Waals surface area contributed by atoms with Crippen molar-refractivity contribution in [1.82, 2.24) is 5.32 Å². The maximum Gasteiger partial charge on any atom is 0.261 e. The Bertz CT molecular complexity index is 933. The first-order valence-electron chi connectivity index (χ1n) is 8.61. The molecule has 1 atom stereocenters. The van der Waals surface area contributed by atoms with Gasteiger partial charge in [0.15, 0.2) is 6.10 Å². The fourth-order valence-corrected chi connectivity index (χ4v) is 3.58. The van der Waals surface area contributed by atoms with Gasteiger partial charge in [0.1, 0.15) is 11.6 Å². The van der Waals surface area contributed by atoms with Gasteiger partial charge < -0.3 is 10.1 Å². The molecule has 0 heterocycles. The van der Waals surface area contributed by atoms with E-state index in [1.165, 1.54) is 42.5 Å². The largest absolute Gasteiger partial charge is 0.481 e. The topological polar surface area (TPSA) is 84.5 Å². The molecule has 0 radical (unpaired) electrons. The molecule has 152 valence electrons. The van der Waals surface area contributed by atoms with Crippen molar-refractivity contribution < 1.29 is 22.3 Å². The SMILES string of the molecule is CC(C)CNC(=O)[C@H](C)Oc1ccc(S(=O)(=O)Nc2ccc(Br)cc2F)cc1. The molecule has 2 rings (SSSR count). The third-order valence-electron chi connectivity index (χ3n) is 3.68. The molecular weight excluding hydrogens is 451 g/mol. The molecule has 2 aromatic rings. The van der Waals surface area contributed by atoms with Gasteiger partial charge in [0.25, 0.3) is 15.9 Å². The summed E-state index contributed by atoms with van der Waals surface area (Å²) in [5.74, 6) is -0.276. The second kappa shape index (κ2) is 9.38. The van der Waals surface area contributed by atoms with Gasteiger partial charge in [-0.15, -0.1) is 0 Å². The summed E-state index contributed by atoms with van der Waals surface area (Å²) >= 11 is 3.12. The Kier molecular flexibility index (Phi) is 7.42. The molecule has 0 saturated carbocycles. The van der Waals surface area contributed by atoms with Gasteiger partial charge >= 0.3 is 0 Å². The number of carbonyl (C=O) groups is 1. The Balaban J connectivity index is 2.05. The average Bonchev–Trinajstić information content (AvgIpc) is 2.62. The molecule has 0 aliphatic rings. The Morgan fingerprint density at radius 3 is 2.36 bits per heavy atom. The summed E-state index contributed by atoms with van der Waals surface area (Å²) in [4.78, 5) is 11.9. The Morgan fingerprint density at radius 2 is 1.79 bits per heavy atom. The molecule has 2 N–H and O–H groups in total. The monoisotopic (exact) mass is 472 g/mol. The lowest BCUT2D eigenvalue weighted by Gasteiger charge is -2.16. The van der Waals surface area contributed by atoms with E-state index in [1.54, 1.807) is 6.92 Å². The summed E-state index contributed by atoms with van der Waals surface area (Å²) < 4.78 is 47.0. The van der Waals surface area contributed by atoms with Crippen molar-refractivity contribution in [1.29, 1.82) is 0 Å². The number of ether oxygens (including phenoxy) is 1. The highest BCUT2D eigenvalue weighted by Gasteiger charge is 2.18. The second-order valence-corrected chi connectivity index (χ2v) is 9.20. The van der Waals surface area contributed by atoms with E-state index < -0.39 is 21.9 Å². The first-order valence-corrected chi connectivity index (χ1v) is 10.9. The number of rotatable bonds is 8. The number of hydrogen-bond donors (Lipinski definition) is 2. The Hall–Kier alpha value is -2.13. The van der Waals surface area contributed by atoms with Gasteiger partial charge in [-0.1, -0.05) is 29.8 Å². The molecule has 0 unspecified atom stereocenters. The average molecular weight is 473 g/mol. The van der Waals surface area contributed by atoms with Crippen molar-refractivity contribution in [3.05, 3.63) is 52.8 Å². The summed E-state index contributed by atoms with van der Waals surface area (Å²) in [6.07, 6.45) is -0.726. The number of benzene rings is 2. The molecule has 9 heteroatoms. The number of hydrogen-bond acceptors (Lipinski definition) is 4. The van der Waals surface area contributed by atoms with E-state index in [0.29, 0.717) is 22.7 Å². The smallest absolute Gasteiger partial charge is 0.261 e. The van der Waals surface area contributed by atoms with E-state index in [4.69, 9.17) is 4.74 Å². The number of halogens is 2. The number of amides is 1. The highest BCUT2D eigenvalue weighted by Crippen LogP contribution is 2.24. The van der Waals surface area contributed by atoms with Gasteiger partial charge in [-0.25, -0.2) is 12.8 Å². The van der Waals surface area contributed by atoms with Crippen LogP contribution in [-0.4, -0.2) is 27.0 Å². The van der Waals surface area contributed by atoms with Crippen LogP contribution in [0.15, 0.2) is 51.8 Å². The van der Waals surface area contributed by atoms with Crippen LogP contribution < -0.4 is 14.8 Å². The van der Waals surface area contributed by atoms with Gasteiger partial charge in [0.05, 0.1) is 10.6 Å². The molecule has 2 aromatic carbocycles. The van der Waals surface area contributed by atoms with E-state index in [2.05, 4.69) is 26.0 Å². The van der Waals surface area contributed by atoms with Crippen LogP contribution >= 0.6 is 15.9 Å². The summed E-state index contributed by atoms with van der Waals surface area (Å²) in [6, 6.07) is 9.56. The molecule has 28 heavy (non-hydrogen) atoms. The highest BCUT2D eigenvalue weighted by molar-refractivity contribution is 9.10. The van der Waals surface area contributed by atoms with Crippen molar-refractivity contribution in [2.45, 2.75) is 31.8 Å². The molecule has 0 fully saturated rings. The summed E-state index contributed by atoms with van der Waals surface area (Å²) in [7, 11) is -3.97. The fraction of sp³-hybridized carbons (Fsp3) is 0.316. The van der Waals surface area contributed by atoms with E-state index in [9.17, 15) is 17.6 Å². The predicted molar refractivity (Wildman–Crippen MR) is 109 cm³/mol. The Morgan fingerprint density at radius 1 is 1.14 bits per heavy atom. The third kappa shape index (κ3) is 6.20. The Labute approximate surface area is 172 Å². The van der Waals surface area contributed by atoms with E-state index in [-0.39, 0.29) is 16.5 Å². The van der Waals surface area contributed by atoms with Crippen LogP contribution in [-0.2, 0) is 14.8 Å². The van der Waals surface area contributed by atoms with E-state index in [0.717, 1.165) is 0 Å². The lowest BCUT2D eigenvalue weighted by molar-refractivity contribution is -0.127. The van der Waals surface area contributed by atoms with E-state index in [1.807, 2.05) is 13.8 Å². The predicted octanol–water partition coefficient (Wildman–Crippen LogP) is 3.93. The number of anilines is 1. The molecule has 0 bridgehead atoms. The summed E-state index contributed by atoms with van der Waals surface area (Å²) in [5, 5.41) is 2.77. The van der Waals surface area contributed by atoms with Gasteiger partial charge in [-0.3, -0.25) is 9.52 Å². The summed E-state index contributed by atoms with van der Waals surface area (Å²) in [6.45, 7) is 6.12. The van der Waals surface area contributed by atoms with Crippen LogP contribution in [0.3, 0.4) is 0 Å². The van der Waals surface area contributed by atoms with Gasteiger partial charge in [-0.05, 0) is 55.3 Å². The third-order valence-corrected chi connectivity index (χ3v) is 5.55. The van der Waals surface area contributed by atoms with Crippen LogP contribution in [0.2, 0.25) is 0 Å². The van der Waals surface area contributed by atoms with Crippen LogP contribution in [0.25, 0.3) is 0 Å². The van der Waals surface area contributed by atoms with Gasteiger partial charge in [0.2, 0.25) is 0 Å². The zero-order chi connectivity index (χ0) is 20.9. The minimum absolute atomic E-state index is 0.0564. The van der Waals surface area contributed by atoms with Crippen molar-refractivity contribution in [3.63, 3.8) is 0 Å². The van der Waals surface area contributed by atoms with E-state index >= 15 is 0 Å². The number of carbonyl (C=O) groups excluding carboxylic acids is 1. The second-order valence-electron chi connectivity index (χ2n) is 6.60. The lowest BCUT2D eigenvalue weighted by atomic mass is 10.2. The van der Waals surface area contributed by atoms with Crippen molar-refractivity contribution in [2.24, 2.45) is 5.92 Å². The zero-order valence-corrected chi connectivity index (χ0v) is 18.1. The molecule has 0 aromatic heterocycles. The molecule has 0 saturated heterocycles.